The maximum atomic E-state index is 13.4. The minimum absolute atomic E-state index is 0.00378. The van der Waals surface area contributed by atoms with E-state index in [1.807, 2.05) is 0 Å². The van der Waals surface area contributed by atoms with Gasteiger partial charge in [0, 0.05) is 38.1 Å². The van der Waals surface area contributed by atoms with Crippen LogP contribution in [-0.4, -0.2) is 51.1 Å². The Labute approximate surface area is 215 Å². The molecule has 12 heteroatoms. The zero-order valence-corrected chi connectivity index (χ0v) is 21.0. The van der Waals surface area contributed by atoms with Crippen LogP contribution in [0.1, 0.15) is 39.6 Å². The van der Waals surface area contributed by atoms with E-state index in [2.05, 4.69) is 9.98 Å². The normalized spacial score (nSPS) is 11.7. The Bertz CT molecular complexity index is 1700. The maximum Gasteiger partial charge on any atom is 0.341 e. The Hall–Kier alpha value is -4.71. The zero-order valence-electron chi connectivity index (χ0n) is 21.0. The first kappa shape index (κ1) is 26.4. The van der Waals surface area contributed by atoms with Crippen molar-refractivity contribution in [3.05, 3.63) is 91.3 Å². The van der Waals surface area contributed by atoms with Crippen LogP contribution in [0.25, 0.3) is 16.7 Å². The zero-order chi connectivity index (χ0) is 27.4. The smallest absolute Gasteiger partial charge is 0.341 e. The molecule has 3 aromatic heterocycles. The predicted octanol–water partition coefficient (Wildman–Crippen LogP) is 2.82. The summed E-state index contributed by atoms with van der Waals surface area (Å²) in [7, 11) is 1.54. The Morgan fingerprint density at radius 2 is 1.95 bits per heavy atom. The lowest BCUT2D eigenvalue weighted by Crippen LogP contribution is -2.33. The third-order valence-electron chi connectivity index (χ3n) is 5.96. The van der Waals surface area contributed by atoms with E-state index in [9.17, 15) is 24.5 Å². The third kappa shape index (κ3) is 4.93. The van der Waals surface area contributed by atoms with Gasteiger partial charge in [-0.2, -0.15) is 4.99 Å². The number of nitro benzene ring substituents is 1. The second kappa shape index (κ2) is 11.1. The fraction of sp³-hybridized carbons (Fsp3) is 0.269. The van der Waals surface area contributed by atoms with Crippen LogP contribution in [0.15, 0.2) is 58.4 Å². The van der Waals surface area contributed by atoms with Gasteiger partial charge in [-0.05, 0) is 44.5 Å². The molecule has 4 aromatic rings. The van der Waals surface area contributed by atoms with Crippen molar-refractivity contribution >= 4 is 34.2 Å². The number of aromatic nitrogens is 3. The number of rotatable bonds is 8. The Kier molecular flexibility index (Phi) is 7.72. The van der Waals surface area contributed by atoms with Gasteiger partial charge in [-0.15, -0.1) is 0 Å². The molecule has 1 aromatic carbocycles. The highest BCUT2D eigenvalue weighted by Crippen LogP contribution is 2.22. The molecule has 0 aliphatic rings. The molecule has 12 nitrogen and oxygen atoms in total. The summed E-state index contributed by atoms with van der Waals surface area (Å²) in [6.07, 6.45) is 2.02. The topological polar surface area (TPSA) is 147 Å². The molecule has 0 aliphatic carbocycles. The number of methoxy groups -OCH3 is 1. The van der Waals surface area contributed by atoms with Crippen LogP contribution >= 0.6 is 0 Å². The van der Waals surface area contributed by atoms with Crippen LogP contribution in [0, 0.1) is 17.0 Å². The number of esters is 1. The van der Waals surface area contributed by atoms with Gasteiger partial charge in [0.1, 0.15) is 16.9 Å². The number of carbonyl (C=O) groups is 2. The molecule has 38 heavy (non-hydrogen) atoms. The third-order valence-corrected chi connectivity index (χ3v) is 5.96. The highest BCUT2D eigenvalue weighted by molar-refractivity contribution is 5.98. The van der Waals surface area contributed by atoms with Crippen molar-refractivity contribution < 1.29 is 24.0 Å². The van der Waals surface area contributed by atoms with Crippen molar-refractivity contribution in [2.75, 3.05) is 20.3 Å². The number of ether oxygens (including phenoxy) is 2. The summed E-state index contributed by atoms with van der Waals surface area (Å²) >= 11 is 0. The number of aryl methyl sites for hydroxylation is 1. The standard InChI is InChI=1S/C26H25N5O7/c1-4-38-26(34)19-15-18-22(27-21-11-5-6-12-29(21)25(18)33)30(13-8-14-37-3)23(19)28-24(32)17-9-7-10-20(16(17)2)31(35)36/h5-7,9-12,15H,4,8,13-14H2,1-3H3. The lowest BCUT2D eigenvalue weighted by atomic mass is 10.1. The van der Waals surface area contributed by atoms with E-state index in [4.69, 9.17) is 9.47 Å². The first-order valence-electron chi connectivity index (χ1n) is 11.8. The lowest BCUT2D eigenvalue weighted by molar-refractivity contribution is -0.385. The molecule has 0 radical (unpaired) electrons. The minimum atomic E-state index is -0.797. The largest absolute Gasteiger partial charge is 0.462 e. The van der Waals surface area contributed by atoms with Crippen molar-refractivity contribution in [1.29, 1.82) is 0 Å². The van der Waals surface area contributed by atoms with Gasteiger partial charge in [0.2, 0.25) is 0 Å². The van der Waals surface area contributed by atoms with E-state index >= 15 is 0 Å². The summed E-state index contributed by atoms with van der Waals surface area (Å²) in [6.45, 7) is 3.68. The quantitative estimate of drug-likeness (QED) is 0.113. The molecule has 0 fully saturated rings. The Balaban J connectivity index is 2.09. The summed E-state index contributed by atoms with van der Waals surface area (Å²) in [5, 5.41) is 11.5. The number of amides is 1. The van der Waals surface area contributed by atoms with Crippen LogP contribution in [0.3, 0.4) is 0 Å². The van der Waals surface area contributed by atoms with Gasteiger partial charge in [-0.25, -0.2) is 9.78 Å². The van der Waals surface area contributed by atoms with Crippen molar-refractivity contribution in [2.24, 2.45) is 4.99 Å². The van der Waals surface area contributed by atoms with Crippen molar-refractivity contribution in [2.45, 2.75) is 26.8 Å². The van der Waals surface area contributed by atoms with Gasteiger partial charge in [-0.3, -0.25) is 24.1 Å². The highest BCUT2D eigenvalue weighted by Gasteiger charge is 2.22. The molecule has 4 rings (SSSR count). The van der Waals surface area contributed by atoms with Gasteiger partial charge >= 0.3 is 5.97 Å². The first-order chi connectivity index (χ1) is 18.3. The summed E-state index contributed by atoms with van der Waals surface area (Å²) < 4.78 is 13.3. The van der Waals surface area contributed by atoms with Crippen LogP contribution < -0.4 is 11.0 Å². The van der Waals surface area contributed by atoms with E-state index < -0.39 is 22.4 Å². The summed E-state index contributed by atoms with van der Waals surface area (Å²) in [4.78, 5) is 59.5. The van der Waals surface area contributed by atoms with Gasteiger partial charge in [-0.1, -0.05) is 12.1 Å². The molecule has 0 spiro atoms. The number of nitro groups is 1. The Morgan fingerprint density at radius 1 is 1.16 bits per heavy atom. The van der Waals surface area contributed by atoms with Gasteiger partial charge < -0.3 is 14.0 Å². The molecule has 196 valence electrons. The highest BCUT2D eigenvalue weighted by atomic mass is 16.6. The molecule has 0 bridgehead atoms. The molecule has 1 amide bonds. The van der Waals surface area contributed by atoms with Crippen molar-refractivity contribution in [1.82, 2.24) is 14.0 Å². The van der Waals surface area contributed by atoms with Crippen molar-refractivity contribution in [3.63, 3.8) is 0 Å². The number of pyridine rings is 2. The number of fused-ring (bicyclic) bond motifs is 2. The van der Waals surface area contributed by atoms with E-state index in [0.717, 1.165) is 0 Å². The number of nitrogens with zero attached hydrogens (tertiary/aromatic N) is 5. The molecule has 3 heterocycles. The molecule has 0 unspecified atom stereocenters. The summed E-state index contributed by atoms with van der Waals surface area (Å²) in [6, 6.07) is 10.5. The fourth-order valence-electron chi connectivity index (χ4n) is 4.15. The first-order valence-corrected chi connectivity index (χ1v) is 11.8. The number of carbonyl (C=O) groups excluding carboxylic acids is 2. The average molecular weight is 520 g/mol. The van der Waals surface area contributed by atoms with Crippen LogP contribution in [0.2, 0.25) is 0 Å². The molecular formula is C26H25N5O7. The van der Waals surface area contributed by atoms with Gasteiger partial charge in [0.15, 0.2) is 5.49 Å². The van der Waals surface area contributed by atoms with Gasteiger partial charge in [0.05, 0.1) is 22.5 Å². The molecule has 0 saturated heterocycles. The van der Waals surface area contributed by atoms with E-state index in [-0.39, 0.29) is 52.1 Å². The molecule has 0 saturated carbocycles. The second-order valence-electron chi connectivity index (χ2n) is 8.31. The van der Waals surface area contributed by atoms with E-state index in [1.165, 1.54) is 47.3 Å². The second-order valence-corrected chi connectivity index (χ2v) is 8.31. The molecular weight excluding hydrogens is 494 g/mol. The molecule has 0 aliphatic heterocycles. The molecule has 0 atom stereocenters. The number of hydrogen-bond donors (Lipinski definition) is 0. The van der Waals surface area contributed by atoms with E-state index in [1.54, 1.807) is 31.3 Å². The lowest BCUT2D eigenvalue weighted by Gasteiger charge is -2.15. The van der Waals surface area contributed by atoms with Crippen LogP contribution in [-0.2, 0) is 16.0 Å². The predicted molar refractivity (Wildman–Crippen MR) is 137 cm³/mol. The van der Waals surface area contributed by atoms with Crippen LogP contribution in [0.4, 0.5) is 5.69 Å². The number of hydrogen-bond acceptors (Lipinski definition) is 8. The van der Waals surface area contributed by atoms with E-state index in [0.29, 0.717) is 18.7 Å². The maximum absolute atomic E-state index is 13.4. The minimum Gasteiger partial charge on any atom is -0.462 e. The summed E-state index contributed by atoms with van der Waals surface area (Å²) in [5.41, 5.74) is -0.109. The monoisotopic (exact) mass is 519 g/mol. The average Bonchev–Trinajstić information content (AvgIpc) is 2.90. The fourth-order valence-corrected chi connectivity index (χ4v) is 4.15. The number of benzene rings is 1. The molecule has 0 N–H and O–H groups in total. The van der Waals surface area contributed by atoms with Crippen molar-refractivity contribution in [3.8, 4) is 0 Å². The SMILES string of the molecule is CCOC(=O)c1cc2c(=O)n3ccccc3nc2n(CCCOC)c1=NC(=O)c1cccc([N+](=O)[O-])c1C. The Morgan fingerprint density at radius 3 is 2.66 bits per heavy atom. The van der Waals surface area contributed by atoms with Crippen LogP contribution in [0.5, 0.6) is 0 Å². The van der Waals surface area contributed by atoms with Gasteiger partial charge in [0.25, 0.3) is 17.2 Å². The summed E-state index contributed by atoms with van der Waals surface area (Å²) in [5.74, 6) is -1.58.